The van der Waals surface area contributed by atoms with Crippen LogP contribution >= 0.6 is 0 Å². The molecule has 4 N–H and O–H groups in total. The summed E-state index contributed by atoms with van der Waals surface area (Å²) in [6.45, 7) is 3.04. The maximum atomic E-state index is 11.7. The molecule has 0 unspecified atom stereocenters. The maximum absolute atomic E-state index is 11.7. The summed E-state index contributed by atoms with van der Waals surface area (Å²) in [6, 6.07) is 8.23. The molecule has 0 saturated carbocycles. The van der Waals surface area contributed by atoms with Gasteiger partial charge in [-0.25, -0.2) is 4.79 Å². The highest BCUT2D eigenvalue weighted by molar-refractivity contribution is 5.89. The minimum Gasteiger partial charge on any atom is -0.494 e. The predicted octanol–water partition coefficient (Wildman–Crippen LogP) is 2.20. The zero-order valence-corrected chi connectivity index (χ0v) is 12.4. The third-order valence-electron chi connectivity index (χ3n) is 2.97. The smallest absolute Gasteiger partial charge is 0.319 e. The SMILES string of the molecule is CCCCOc1ccc(NC(=O)NCc2cc(=O)[nH][nH]2)cc1. The number of carbonyl (C=O) groups is 1. The lowest BCUT2D eigenvalue weighted by Gasteiger charge is -2.08. The van der Waals surface area contributed by atoms with Crippen LogP contribution in [0.15, 0.2) is 35.1 Å². The molecule has 0 spiro atoms. The van der Waals surface area contributed by atoms with E-state index in [0.717, 1.165) is 18.6 Å². The van der Waals surface area contributed by atoms with Gasteiger partial charge in [0.2, 0.25) is 0 Å². The number of urea groups is 1. The van der Waals surface area contributed by atoms with Crippen molar-refractivity contribution in [3.63, 3.8) is 0 Å². The fraction of sp³-hybridized carbons (Fsp3) is 0.333. The monoisotopic (exact) mass is 304 g/mol. The van der Waals surface area contributed by atoms with Crippen molar-refractivity contribution in [1.29, 1.82) is 0 Å². The molecule has 2 aromatic rings. The zero-order valence-electron chi connectivity index (χ0n) is 12.4. The summed E-state index contributed by atoms with van der Waals surface area (Å²) in [7, 11) is 0. The lowest BCUT2D eigenvalue weighted by atomic mass is 10.3. The molecular formula is C15H20N4O3. The largest absolute Gasteiger partial charge is 0.494 e. The van der Waals surface area contributed by atoms with Crippen molar-refractivity contribution in [3.8, 4) is 5.75 Å². The third kappa shape index (κ3) is 5.01. The number of nitrogens with one attached hydrogen (secondary N) is 4. The molecule has 7 nitrogen and oxygen atoms in total. The highest BCUT2D eigenvalue weighted by Gasteiger charge is 2.03. The summed E-state index contributed by atoms with van der Waals surface area (Å²) in [5, 5.41) is 10.4. The Labute approximate surface area is 128 Å². The standard InChI is InChI=1S/C15H20N4O3/c1-2-3-8-22-13-6-4-11(5-7-13)17-15(21)16-10-12-9-14(20)19-18-12/h4-7,9H,2-3,8,10H2,1H3,(H2,16,17,21)(H2,18,19,20). The van der Waals surface area contributed by atoms with E-state index >= 15 is 0 Å². The summed E-state index contributed by atoms with van der Waals surface area (Å²) in [6.07, 6.45) is 2.11. The number of carbonyl (C=O) groups excluding carboxylic acids is 1. The van der Waals surface area contributed by atoms with E-state index < -0.39 is 0 Å². The molecule has 2 rings (SSSR count). The Bertz CT molecular complexity index is 645. The van der Waals surface area contributed by atoms with E-state index in [2.05, 4.69) is 27.8 Å². The minimum atomic E-state index is -0.346. The number of aromatic amines is 2. The highest BCUT2D eigenvalue weighted by Crippen LogP contribution is 2.15. The van der Waals surface area contributed by atoms with E-state index in [1.54, 1.807) is 12.1 Å². The molecule has 0 fully saturated rings. The predicted molar refractivity (Wildman–Crippen MR) is 84.1 cm³/mol. The second-order valence-corrected chi connectivity index (χ2v) is 4.82. The number of ether oxygens (including phenoxy) is 1. The van der Waals surface area contributed by atoms with E-state index in [1.807, 2.05) is 12.1 Å². The van der Waals surface area contributed by atoms with Gasteiger partial charge in [0.25, 0.3) is 5.56 Å². The average Bonchev–Trinajstić information content (AvgIpc) is 2.93. The summed E-state index contributed by atoms with van der Waals surface area (Å²) in [5.74, 6) is 0.782. The van der Waals surface area contributed by atoms with Gasteiger partial charge in [-0.3, -0.25) is 9.89 Å². The van der Waals surface area contributed by atoms with E-state index in [9.17, 15) is 9.59 Å². The summed E-state index contributed by atoms with van der Waals surface area (Å²) < 4.78 is 5.55. The van der Waals surface area contributed by atoms with E-state index in [1.165, 1.54) is 6.07 Å². The normalized spacial score (nSPS) is 10.2. The number of H-pyrrole nitrogens is 2. The molecule has 0 radical (unpaired) electrons. The van der Waals surface area contributed by atoms with Gasteiger partial charge in [0.05, 0.1) is 18.8 Å². The van der Waals surface area contributed by atoms with Crippen LogP contribution in [0.3, 0.4) is 0 Å². The van der Waals surface area contributed by atoms with Gasteiger partial charge in [0.15, 0.2) is 0 Å². The van der Waals surface area contributed by atoms with Gasteiger partial charge in [-0.1, -0.05) is 13.3 Å². The highest BCUT2D eigenvalue weighted by atomic mass is 16.5. The molecule has 0 saturated heterocycles. The van der Waals surface area contributed by atoms with Crippen molar-refractivity contribution in [2.75, 3.05) is 11.9 Å². The fourth-order valence-corrected chi connectivity index (χ4v) is 1.79. The van der Waals surface area contributed by atoms with Gasteiger partial charge in [0.1, 0.15) is 5.75 Å². The van der Waals surface area contributed by atoms with Crippen LogP contribution in [0, 0.1) is 0 Å². The molecule has 0 aliphatic heterocycles. The lowest BCUT2D eigenvalue weighted by Crippen LogP contribution is -2.28. The molecule has 1 aromatic heterocycles. The van der Waals surface area contributed by atoms with Crippen LogP contribution in [-0.4, -0.2) is 22.8 Å². The number of unbranched alkanes of at least 4 members (excludes halogenated alkanes) is 1. The van der Waals surface area contributed by atoms with Crippen molar-refractivity contribution in [1.82, 2.24) is 15.5 Å². The molecule has 1 heterocycles. The molecule has 1 aromatic carbocycles. The molecule has 0 atom stereocenters. The fourth-order valence-electron chi connectivity index (χ4n) is 1.79. The van der Waals surface area contributed by atoms with E-state index in [4.69, 9.17) is 4.74 Å². The molecule has 0 aliphatic carbocycles. The Morgan fingerprint density at radius 3 is 2.64 bits per heavy atom. The van der Waals surface area contributed by atoms with Crippen LogP contribution in [0.4, 0.5) is 10.5 Å². The van der Waals surface area contributed by atoms with Crippen molar-refractivity contribution in [3.05, 3.63) is 46.4 Å². The maximum Gasteiger partial charge on any atom is 0.319 e. The number of anilines is 1. The quantitative estimate of drug-likeness (QED) is 0.590. The van der Waals surface area contributed by atoms with Crippen LogP contribution in [0.25, 0.3) is 0 Å². The molecule has 118 valence electrons. The molecular weight excluding hydrogens is 284 g/mol. The Balaban J connectivity index is 1.77. The Morgan fingerprint density at radius 1 is 1.23 bits per heavy atom. The summed E-state index contributed by atoms with van der Waals surface area (Å²) in [4.78, 5) is 22.7. The number of rotatable bonds is 7. The molecule has 0 bridgehead atoms. The summed E-state index contributed by atoms with van der Waals surface area (Å²) in [5.41, 5.74) is 1.05. The number of benzene rings is 1. The van der Waals surface area contributed by atoms with Crippen LogP contribution in [0.2, 0.25) is 0 Å². The first-order chi connectivity index (χ1) is 10.7. The van der Waals surface area contributed by atoms with Gasteiger partial charge < -0.3 is 20.5 Å². The topological polar surface area (TPSA) is 99.0 Å². The van der Waals surface area contributed by atoms with Gasteiger partial charge in [-0.15, -0.1) is 0 Å². The molecule has 7 heteroatoms. The average molecular weight is 304 g/mol. The van der Waals surface area contributed by atoms with E-state index in [-0.39, 0.29) is 18.1 Å². The van der Waals surface area contributed by atoms with Gasteiger partial charge in [-0.2, -0.15) is 0 Å². The van der Waals surface area contributed by atoms with Crippen molar-refractivity contribution in [2.24, 2.45) is 0 Å². The Morgan fingerprint density at radius 2 is 2.00 bits per heavy atom. The van der Waals surface area contributed by atoms with Crippen LogP contribution < -0.4 is 20.9 Å². The lowest BCUT2D eigenvalue weighted by molar-refractivity contribution is 0.251. The first-order valence-corrected chi connectivity index (χ1v) is 7.21. The number of hydrogen-bond acceptors (Lipinski definition) is 3. The van der Waals surface area contributed by atoms with Crippen molar-refractivity contribution >= 4 is 11.7 Å². The number of amides is 2. The van der Waals surface area contributed by atoms with Crippen LogP contribution in [-0.2, 0) is 6.54 Å². The van der Waals surface area contributed by atoms with Gasteiger partial charge in [0, 0.05) is 11.8 Å². The second-order valence-electron chi connectivity index (χ2n) is 4.82. The molecule has 0 aliphatic rings. The molecule has 22 heavy (non-hydrogen) atoms. The Hall–Kier alpha value is -2.70. The van der Waals surface area contributed by atoms with Crippen molar-refractivity contribution in [2.45, 2.75) is 26.3 Å². The zero-order chi connectivity index (χ0) is 15.8. The number of aromatic nitrogens is 2. The number of hydrogen-bond donors (Lipinski definition) is 4. The van der Waals surface area contributed by atoms with Crippen molar-refractivity contribution < 1.29 is 9.53 Å². The Kier molecular flexibility index (Phi) is 5.65. The van der Waals surface area contributed by atoms with Gasteiger partial charge in [-0.05, 0) is 30.7 Å². The second kappa shape index (κ2) is 7.92. The first-order valence-electron chi connectivity index (χ1n) is 7.21. The van der Waals surface area contributed by atoms with E-state index in [0.29, 0.717) is 18.0 Å². The first kappa shape index (κ1) is 15.7. The van der Waals surface area contributed by atoms with Crippen LogP contribution in [0.1, 0.15) is 25.5 Å². The third-order valence-corrected chi connectivity index (χ3v) is 2.97. The van der Waals surface area contributed by atoms with Gasteiger partial charge >= 0.3 is 6.03 Å². The minimum absolute atomic E-state index is 0.226. The van der Waals surface area contributed by atoms with Crippen LogP contribution in [0.5, 0.6) is 5.75 Å². The molecule has 2 amide bonds. The summed E-state index contributed by atoms with van der Waals surface area (Å²) >= 11 is 0.